The molecule has 0 unspecified atom stereocenters. The number of esters is 1. The Labute approximate surface area is 180 Å². The van der Waals surface area contributed by atoms with Gasteiger partial charge in [-0.05, 0) is 27.8 Å². The van der Waals surface area contributed by atoms with Crippen LogP contribution in [-0.4, -0.2) is 39.7 Å². The van der Waals surface area contributed by atoms with Crippen molar-refractivity contribution in [2.45, 2.75) is 26.3 Å². The zero-order valence-corrected chi connectivity index (χ0v) is 15.8. The van der Waals surface area contributed by atoms with E-state index in [0.29, 0.717) is 11.4 Å². The Kier molecular flexibility index (Phi) is 4.77. The average Bonchev–Trinajstić information content (AvgIpc) is 3.32. The molecule has 0 fully saturated rings. The predicted molar refractivity (Wildman–Crippen MR) is 110 cm³/mol. The molecule has 0 saturated carbocycles. The van der Waals surface area contributed by atoms with E-state index in [-0.39, 0.29) is 19.0 Å². The second-order valence-electron chi connectivity index (χ2n) is 5.73. The number of ether oxygens (including phenoxy) is 1. The minimum Gasteiger partial charge on any atom is -0.468 e. The van der Waals surface area contributed by atoms with Crippen LogP contribution in [0.15, 0.2) is 48.5 Å². The van der Waals surface area contributed by atoms with E-state index in [2.05, 4.69) is 30.7 Å². The Balaban J connectivity index is 0.00000432. The number of carbonyl (C=O) groups is 1. The van der Waals surface area contributed by atoms with E-state index in [4.69, 9.17) is 9.60 Å². The van der Waals surface area contributed by atoms with Gasteiger partial charge < -0.3 is 10.1 Å². The molecule has 0 spiro atoms. The highest BCUT2D eigenvalue weighted by Crippen LogP contribution is 2.29. The van der Waals surface area contributed by atoms with Gasteiger partial charge in [-0.15, -0.1) is 22.6 Å². The monoisotopic (exact) mass is 408 g/mol. The van der Waals surface area contributed by atoms with Crippen molar-refractivity contribution >= 4 is 18.4 Å². The highest BCUT2D eigenvalue weighted by Gasteiger charge is 2.22. The third-order valence-electron chi connectivity index (χ3n) is 4.01. The third-order valence-corrected chi connectivity index (χ3v) is 4.01. The van der Waals surface area contributed by atoms with Gasteiger partial charge in [-0.1, -0.05) is 62.2 Å². The van der Waals surface area contributed by atoms with Gasteiger partial charge in [-0.3, -0.25) is 4.79 Å². The second-order valence-corrected chi connectivity index (χ2v) is 5.73. The van der Waals surface area contributed by atoms with Crippen LogP contribution in [0.3, 0.4) is 0 Å². The highest BCUT2D eigenvalue weighted by atomic mass is 35.5. The maximum atomic E-state index is 12.3. The second kappa shape index (κ2) is 9.96. The number of carbonyl (C=O) groups excluding carboxylic acids is 1. The summed E-state index contributed by atoms with van der Waals surface area (Å²) in [6.45, 7) is -6.64. The van der Waals surface area contributed by atoms with Gasteiger partial charge in [0.25, 0.3) is 0 Å². The number of hydrogen-bond acceptors (Lipinski definition) is 6. The average molecular weight is 409 g/mol. The molecule has 28 heavy (non-hydrogen) atoms. The van der Waals surface area contributed by atoms with Crippen LogP contribution in [0.4, 0.5) is 0 Å². The number of nitrogens with one attached hydrogen (secondary N) is 2. The fourth-order valence-corrected chi connectivity index (χ4v) is 2.65. The van der Waals surface area contributed by atoms with E-state index >= 15 is 0 Å². The van der Waals surface area contributed by atoms with Crippen LogP contribution in [0.5, 0.6) is 0 Å². The number of H-pyrrole nitrogens is 1. The topological polar surface area (TPSA) is 92.8 Å². The molecule has 7 nitrogen and oxygen atoms in total. The van der Waals surface area contributed by atoms with Crippen molar-refractivity contribution in [2.24, 2.45) is 5.89 Å². The molecule has 148 valence electrons. The first-order chi connectivity index (χ1) is 15.9. The summed E-state index contributed by atoms with van der Waals surface area (Å²) >= 11 is 0. The molecule has 1 atom stereocenters. The summed E-state index contributed by atoms with van der Waals surface area (Å²) in [7, 11) is 1.01. The van der Waals surface area contributed by atoms with E-state index in [9.17, 15) is 4.79 Å². The molecule has 0 aliphatic carbocycles. The molecular formula is C20H24ClN5O2. The lowest BCUT2D eigenvalue weighted by Crippen LogP contribution is -2.41. The normalized spacial score (nSPS) is 16.7. The van der Waals surface area contributed by atoms with E-state index in [1.807, 2.05) is 36.4 Å². The molecule has 0 aliphatic rings. The molecule has 3 rings (SSSR count). The first-order valence-corrected chi connectivity index (χ1v) is 8.13. The van der Waals surface area contributed by atoms with Crippen molar-refractivity contribution < 1.29 is 19.1 Å². The van der Waals surface area contributed by atoms with Crippen LogP contribution >= 0.6 is 12.4 Å². The smallest absolute Gasteiger partial charge is 0.323 e. The molecule has 0 bridgehead atoms. The fourth-order valence-electron chi connectivity index (χ4n) is 2.65. The molecule has 8 heteroatoms. The number of halogens is 1. The minimum atomic E-state index is -3.28. The van der Waals surface area contributed by atoms with Crippen LogP contribution in [0.1, 0.15) is 28.9 Å². The van der Waals surface area contributed by atoms with Gasteiger partial charge in [0, 0.05) is 21.7 Å². The van der Waals surface area contributed by atoms with Gasteiger partial charge in [0.05, 0.1) is 7.11 Å². The number of methoxy groups -OCH3 is 1. The standard InChI is InChI=1S/C20H23N5O2.ClH/c1-13(2)18(20(26)27-3)21-12-14-8-10-15(11-9-14)16-6-4-5-7-17(16)19-22-24-25-23-19;/h4-11,13,18,21H,12H2,1-3H3,(H,22,23,24,25);1H/t18-;/m0./s1/i1D3,2D3,13D;. The Morgan fingerprint density at radius 2 is 1.93 bits per heavy atom. The lowest BCUT2D eigenvalue weighted by atomic mass is 9.98. The van der Waals surface area contributed by atoms with Gasteiger partial charge in [-0.25, -0.2) is 0 Å². The predicted octanol–water partition coefficient (Wildman–Crippen LogP) is 3.24. The van der Waals surface area contributed by atoms with E-state index < -0.39 is 31.6 Å². The van der Waals surface area contributed by atoms with E-state index in [1.54, 1.807) is 12.1 Å². The summed E-state index contributed by atoms with van der Waals surface area (Å²) < 4.78 is 58.8. The van der Waals surface area contributed by atoms with Gasteiger partial charge in [0.2, 0.25) is 5.82 Å². The molecule has 0 amide bonds. The van der Waals surface area contributed by atoms with Crippen LogP contribution in [0.25, 0.3) is 22.5 Å². The number of aromatic amines is 1. The molecule has 2 N–H and O–H groups in total. The first-order valence-electron chi connectivity index (χ1n) is 11.6. The van der Waals surface area contributed by atoms with Crippen LogP contribution in [0.2, 0.25) is 0 Å². The van der Waals surface area contributed by atoms with Crippen molar-refractivity contribution in [1.29, 1.82) is 0 Å². The molecular weight excluding hydrogens is 378 g/mol. The Morgan fingerprint density at radius 3 is 2.54 bits per heavy atom. The molecule has 1 aromatic heterocycles. The molecule has 1 heterocycles. The van der Waals surface area contributed by atoms with Gasteiger partial charge in [-0.2, -0.15) is 5.21 Å². The number of nitrogens with zero attached hydrogens (tertiary/aromatic N) is 3. The zero-order chi connectivity index (χ0) is 25.1. The zero-order valence-electron chi connectivity index (χ0n) is 22.0. The lowest BCUT2D eigenvalue weighted by molar-refractivity contribution is -0.144. The summed E-state index contributed by atoms with van der Waals surface area (Å²) in [6.07, 6.45) is 0. The maximum Gasteiger partial charge on any atom is 0.323 e. The summed E-state index contributed by atoms with van der Waals surface area (Å²) in [5, 5.41) is 16.7. The number of hydrogen-bond donors (Lipinski definition) is 2. The van der Waals surface area contributed by atoms with E-state index in [0.717, 1.165) is 23.8 Å². The van der Waals surface area contributed by atoms with Crippen molar-refractivity contribution in [2.75, 3.05) is 7.11 Å². The number of tetrazole rings is 1. The van der Waals surface area contributed by atoms with Crippen LogP contribution < -0.4 is 5.32 Å². The first kappa shape index (κ1) is 13.4. The minimum absolute atomic E-state index is 0. The van der Waals surface area contributed by atoms with Crippen LogP contribution in [-0.2, 0) is 16.1 Å². The van der Waals surface area contributed by atoms with Crippen molar-refractivity contribution in [3.05, 3.63) is 54.1 Å². The van der Waals surface area contributed by atoms with Gasteiger partial charge >= 0.3 is 5.97 Å². The van der Waals surface area contributed by atoms with Crippen molar-refractivity contribution in [1.82, 2.24) is 25.9 Å². The molecule has 0 radical (unpaired) electrons. The molecule has 3 aromatic rings. The number of benzene rings is 2. The summed E-state index contributed by atoms with van der Waals surface area (Å²) in [6, 6.07) is 12.6. The van der Waals surface area contributed by atoms with Crippen LogP contribution in [0, 0.1) is 5.89 Å². The number of rotatable bonds is 7. The Hall–Kier alpha value is -2.77. The lowest BCUT2D eigenvalue weighted by Gasteiger charge is -2.20. The maximum absolute atomic E-state index is 12.3. The largest absolute Gasteiger partial charge is 0.468 e. The highest BCUT2D eigenvalue weighted by molar-refractivity contribution is 5.85. The quantitative estimate of drug-likeness (QED) is 0.583. The summed E-state index contributed by atoms with van der Waals surface area (Å²) in [5.74, 6) is -3.83. The molecule has 0 aliphatic heterocycles. The molecule has 2 aromatic carbocycles. The van der Waals surface area contributed by atoms with Crippen molar-refractivity contribution in [3.8, 4) is 22.5 Å². The fraction of sp³-hybridized carbons (Fsp3) is 0.300. The SMILES string of the molecule is Cl.[2H]C([2H])([2H])C([2H])([C@H](NCc1ccc(-c2ccccc2-c2nn[nH]n2)cc1)C(=O)OC)C([2H])([2H])[2H]. The number of aromatic nitrogens is 4. The van der Waals surface area contributed by atoms with Gasteiger partial charge in [0.1, 0.15) is 6.04 Å². The van der Waals surface area contributed by atoms with Crippen molar-refractivity contribution in [3.63, 3.8) is 0 Å². The summed E-state index contributed by atoms with van der Waals surface area (Å²) in [4.78, 5) is 12.3. The summed E-state index contributed by atoms with van der Waals surface area (Å²) in [5.41, 5.74) is 3.09. The third kappa shape index (κ3) is 4.94. The van der Waals surface area contributed by atoms with Gasteiger partial charge in [0.15, 0.2) is 0 Å². The Bertz CT molecular complexity index is 1110. The Morgan fingerprint density at radius 1 is 1.21 bits per heavy atom. The molecule has 0 saturated heterocycles. The van der Waals surface area contributed by atoms with E-state index in [1.165, 1.54) is 0 Å².